The van der Waals surface area contributed by atoms with Crippen LogP contribution in [-0.2, 0) is 16.1 Å². The zero-order chi connectivity index (χ0) is 15.9. The van der Waals surface area contributed by atoms with Crippen molar-refractivity contribution in [3.05, 3.63) is 29.8 Å². The zero-order valence-corrected chi connectivity index (χ0v) is 13.2. The van der Waals surface area contributed by atoms with Crippen molar-refractivity contribution in [3.8, 4) is 0 Å². The molecule has 1 heterocycles. The summed E-state index contributed by atoms with van der Waals surface area (Å²) in [6.45, 7) is 3.87. The van der Waals surface area contributed by atoms with Crippen molar-refractivity contribution < 1.29 is 9.53 Å². The Morgan fingerprint density at radius 1 is 1.45 bits per heavy atom. The molecule has 120 valence electrons. The number of carbonyl (C=O) groups is 1. The summed E-state index contributed by atoms with van der Waals surface area (Å²) in [4.78, 5) is 17.8. The Kier molecular flexibility index (Phi) is 5.77. The van der Waals surface area contributed by atoms with Crippen LogP contribution in [0.25, 0.3) is 0 Å². The van der Waals surface area contributed by atoms with Gasteiger partial charge in [-0.25, -0.2) is 4.99 Å². The lowest BCUT2D eigenvalue weighted by Gasteiger charge is -2.16. The number of rotatable bonds is 6. The van der Waals surface area contributed by atoms with Gasteiger partial charge in [0, 0.05) is 31.8 Å². The molecule has 6 heteroatoms. The van der Waals surface area contributed by atoms with Crippen LogP contribution in [0.4, 0.5) is 5.69 Å². The maximum atomic E-state index is 11.7. The fraction of sp³-hybridized carbons (Fsp3) is 0.500. The Hall–Kier alpha value is -2.08. The topological polar surface area (TPSA) is 80.0 Å². The van der Waals surface area contributed by atoms with Gasteiger partial charge in [-0.2, -0.15) is 0 Å². The summed E-state index contributed by atoms with van der Waals surface area (Å²) in [7, 11) is 1.65. The van der Waals surface area contributed by atoms with Crippen molar-refractivity contribution in [3.63, 3.8) is 0 Å². The molecule has 6 nitrogen and oxygen atoms in total. The van der Waals surface area contributed by atoms with Crippen LogP contribution in [0.2, 0.25) is 0 Å². The summed E-state index contributed by atoms with van der Waals surface area (Å²) in [6.07, 6.45) is 1.58. The van der Waals surface area contributed by atoms with Gasteiger partial charge in [0.2, 0.25) is 5.91 Å². The van der Waals surface area contributed by atoms with E-state index in [2.05, 4.69) is 10.3 Å². The average Bonchev–Trinajstić information content (AvgIpc) is 2.92. The number of hydrogen-bond acceptors (Lipinski definition) is 3. The van der Waals surface area contributed by atoms with Gasteiger partial charge in [0.1, 0.15) is 0 Å². The van der Waals surface area contributed by atoms with Crippen molar-refractivity contribution >= 4 is 17.6 Å². The SMILES string of the molecule is COCC(C)NC(N)=NCc1ccc(N2CCCC2=O)cc1. The molecule has 0 aromatic heterocycles. The highest BCUT2D eigenvalue weighted by Crippen LogP contribution is 2.21. The molecule has 0 spiro atoms. The molecule has 1 amide bonds. The van der Waals surface area contributed by atoms with Crippen LogP contribution in [0.5, 0.6) is 0 Å². The second-order valence-electron chi connectivity index (χ2n) is 5.52. The van der Waals surface area contributed by atoms with Gasteiger partial charge in [-0.3, -0.25) is 4.79 Å². The van der Waals surface area contributed by atoms with Crippen LogP contribution in [-0.4, -0.2) is 38.2 Å². The van der Waals surface area contributed by atoms with Crippen molar-refractivity contribution in [1.29, 1.82) is 0 Å². The Balaban J connectivity index is 1.89. The molecule has 1 unspecified atom stereocenters. The Morgan fingerprint density at radius 2 is 2.18 bits per heavy atom. The molecule has 0 saturated carbocycles. The molecule has 22 heavy (non-hydrogen) atoms. The molecular formula is C16H24N4O2. The van der Waals surface area contributed by atoms with Crippen molar-refractivity contribution in [2.75, 3.05) is 25.2 Å². The number of guanidine groups is 1. The predicted molar refractivity (Wildman–Crippen MR) is 87.8 cm³/mol. The lowest BCUT2D eigenvalue weighted by atomic mass is 10.2. The van der Waals surface area contributed by atoms with E-state index in [9.17, 15) is 4.79 Å². The zero-order valence-electron chi connectivity index (χ0n) is 13.2. The quantitative estimate of drug-likeness (QED) is 0.612. The number of anilines is 1. The molecule has 0 bridgehead atoms. The van der Waals surface area contributed by atoms with E-state index in [-0.39, 0.29) is 11.9 Å². The lowest BCUT2D eigenvalue weighted by molar-refractivity contribution is -0.117. The summed E-state index contributed by atoms with van der Waals surface area (Å²) in [6, 6.07) is 8.01. The second kappa shape index (κ2) is 7.79. The first-order valence-electron chi connectivity index (χ1n) is 7.55. The molecule has 0 aliphatic carbocycles. The number of nitrogens with two attached hydrogens (primary N) is 1. The lowest BCUT2D eigenvalue weighted by Crippen LogP contribution is -2.40. The third-order valence-electron chi connectivity index (χ3n) is 3.56. The van der Waals surface area contributed by atoms with Crippen molar-refractivity contribution in [2.45, 2.75) is 32.4 Å². The Labute approximate surface area is 131 Å². The molecule has 1 atom stereocenters. The molecule has 1 saturated heterocycles. The number of methoxy groups -OCH3 is 1. The minimum atomic E-state index is 0.123. The summed E-state index contributed by atoms with van der Waals surface area (Å²) in [5.41, 5.74) is 7.84. The van der Waals surface area contributed by atoms with Gasteiger partial charge in [-0.15, -0.1) is 0 Å². The molecule has 2 rings (SSSR count). The van der Waals surface area contributed by atoms with E-state index in [1.807, 2.05) is 36.1 Å². The van der Waals surface area contributed by atoms with E-state index < -0.39 is 0 Å². The first-order chi connectivity index (χ1) is 10.6. The molecule has 0 radical (unpaired) electrons. The number of amides is 1. The first kappa shape index (κ1) is 16.3. The van der Waals surface area contributed by atoms with Crippen LogP contribution in [0.15, 0.2) is 29.3 Å². The first-order valence-corrected chi connectivity index (χ1v) is 7.55. The highest BCUT2D eigenvalue weighted by molar-refractivity contribution is 5.95. The highest BCUT2D eigenvalue weighted by Gasteiger charge is 2.21. The van der Waals surface area contributed by atoms with Crippen LogP contribution >= 0.6 is 0 Å². The minimum absolute atomic E-state index is 0.123. The van der Waals surface area contributed by atoms with Gasteiger partial charge in [0.05, 0.1) is 13.2 Å². The van der Waals surface area contributed by atoms with Crippen molar-refractivity contribution in [2.24, 2.45) is 10.7 Å². The van der Waals surface area contributed by atoms with Crippen LogP contribution in [0, 0.1) is 0 Å². The standard InChI is InChI=1S/C16H24N4O2/c1-12(11-22-2)19-16(17)18-10-13-5-7-14(8-6-13)20-9-3-4-15(20)21/h5-8,12H,3-4,9-11H2,1-2H3,(H3,17,18,19). The molecule has 1 aromatic rings. The fourth-order valence-corrected chi connectivity index (χ4v) is 2.47. The van der Waals surface area contributed by atoms with Gasteiger partial charge < -0.3 is 20.7 Å². The van der Waals surface area contributed by atoms with E-state index in [1.54, 1.807) is 7.11 Å². The van der Waals surface area contributed by atoms with Gasteiger partial charge in [-0.05, 0) is 31.0 Å². The maximum absolute atomic E-state index is 11.7. The Bertz CT molecular complexity index is 527. The maximum Gasteiger partial charge on any atom is 0.227 e. The third kappa shape index (κ3) is 4.46. The van der Waals surface area contributed by atoms with E-state index in [0.717, 1.165) is 24.2 Å². The number of nitrogens with zero attached hydrogens (tertiary/aromatic N) is 2. The van der Waals surface area contributed by atoms with Crippen molar-refractivity contribution in [1.82, 2.24) is 5.32 Å². The molecule has 1 aliphatic heterocycles. The number of carbonyl (C=O) groups excluding carboxylic acids is 1. The second-order valence-corrected chi connectivity index (χ2v) is 5.52. The summed E-state index contributed by atoms with van der Waals surface area (Å²) in [5.74, 6) is 0.606. The van der Waals surface area contributed by atoms with Crippen LogP contribution in [0.3, 0.4) is 0 Å². The van der Waals surface area contributed by atoms with Crippen LogP contribution < -0.4 is 16.0 Å². The normalized spacial score (nSPS) is 16.9. The van der Waals surface area contributed by atoms with Gasteiger partial charge in [-0.1, -0.05) is 12.1 Å². The smallest absolute Gasteiger partial charge is 0.227 e. The fourth-order valence-electron chi connectivity index (χ4n) is 2.47. The summed E-state index contributed by atoms with van der Waals surface area (Å²) in [5, 5.41) is 3.06. The molecule has 1 aliphatic rings. The van der Waals surface area contributed by atoms with Crippen LogP contribution in [0.1, 0.15) is 25.3 Å². The van der Waals surface area contributed by atoms with E-state index in [1.165, 1.54) is 0 Å². The number of hydrogen-bond donors (Lipinski definition) is 2. The Morgan fingerprint density at radius 3 is 2.77 bits per heavy atom. The molecule has 3 N–H and O–H groups in total. The minimum Gasteiger partial charge on any atom is -0.383 e. The average molecular weight is 304 g/mol. The predicted octanol–water partition coefficient (Wildman–Crippen LogP) is 1.25. The highest BCUT2D eigenvalue weighted by atomic mass is 16.5. The number of nitrogens with one attached hydrogen (secondary N) is 1. The summed E-state index contributed by atoms with van der Waals surface area (Å²) < 4.78 is 5.03. The molecule has 1 aromatic carbocycles. The monoisotopic (exact) mass is 304 g/mol. The summed E-state index contributed by atoms with van der Waals surface area (Å²) >= 11 is 0. The number of ether oxygens (including phenoxy) is 1. The third-order valence-corrected chi connectivity index (χ3v) is 3.56. The number of aliphatic imine (C=N–C) groups is 1. The van der Waals surface area contributed by atoms with E-state index >= 15 is 0 Å². The van der Waals surface area contributed by atoms with E-state index in [4.69, 9.17) is 10.5 Å². The van der Waals surface area contributed by atoms with Gasteiger partial charge in [0.25, 0.3) is 0 Å². The number of benzene rings is 1. The van der Waals surface area contributed by atoms with Gasteiger partial charge in [0.15, 0.2) is 5.96 Å². The molecule has 1 fully saturated rings. The van der Waals surface area contributed by atoms with Gasteiger partial charge >= 0.3 is 0 Å². The largest absolute Gasteiger partial charge is 0.383 e. The van der Waals surface area contributed by atoms with E-state index in [0.29, 0.717) is 25.5 Å². The molecular weight excluding hydrogens is 280 g/mol.